The fraction of sp³-hybridized carbons (Fsp3) is 0.600. The van der Waals surface area contributed by atoms with E-state index in [0.29, 0.717) is 0 Å². The third kappa shape index (κ3) is 5.57. The molecule has 2 aromatic rings. The Morgan fingerprint density at radius 2 is 1.97 bits per heavy atom. The average molecular weight is 472 g/mol. The largest absolute Gasteiger partial charge is 0.385 e. The quantitative estimate of drug-likeness (QED) is 0.422. The highest BCUT2D eigenvalue weighted by atomic mass is 32.1. The molecule has 180 valence electrons. The lowest BCUT2D eigenvalue weighted by Crippen LogP contribution is -2.37. The first kappa shape index (κ1) is 24.1. The monoisotopic (exact) mass is 471 g/mol. The van der Waals surface area contributed by atoms with Crippen LogP contribution in [-0.2, 0) is 16.0 Å². The van der Waals surface area contributed by atoms with Crippen LogP contribution in [0, 0.1) is 13.8 Å². The van der Waals surface area contributed by atoms with Crippen molar-refractivity contribution < 1.29 is 9.47 Å². The highest BCUT2D eigenvalue weighted by molar-refractivity contribution is 7.80. The number of ether oxygens (including phenoxy) is 2. The molecule has 0 unspecified atom stereocenters. The van der Waals surface area contributed by atoms with Crippen LogP contribution in [0.2, 0.25) is 0 Å². The maximum atomic E-state index is 5.79. The van der Waals surface area contributed by atoms with Crippen LogP contribution in [0.3, 0.4) is 0 Å². The van der Waals surface area contributed by atoms with Gasteiger partial charge in [0, 0.05) is 64.0 Å². The summed E-state index contributed by atoms with van der Waals surface area (Å²) in [4.78, 5) is 9.50. The fourth-order valence-electron chi connectivity index (χ4n) is 5.11. The number of nitrogens with one attached hydrogen (secondary N) is 1. The Bertz CT molecular complexity index is 913. The van der Waals surface area contributed by atoms with Gasteiger partial charge in [0.25, 0.3) is 0 Å². The zero-order chi connectivity index (χ0) is 23.2. The molecule has 0 aliphatic carbocycles. The fourth-order valence-corrected chi connectivity index (χ4v) is 5.44. The highest BCUT2D eigenvalue weighted by Crippen LogP contribution is 2.40. The molecule has 2 atom stereocenters. The van der Waals surface area contributed by atoms with Gasteiger partial charge in [-0.1, -0.05) is 6.07 Å². The first-order valence-corrected chi connectivity index (χ1v) is 12.4. The molecule has 8 heteroatoms. The van der Waals surface area contributed by atoms with Crippen molar-refractivity contribution in [2.75, 3.05) is 53.1 Å². The predicted molar refractivity (Wildman–Crippen MR) is 134 cm³/mol. The van der Waals surface area contributed by atoms with Gasteiger partial charge in [0.2, 0.25) is 0 Å². The minimum atomic E-state index is 0.0311. The summed E-state index contributed by atoms with van der Waals surface area (Å²) in [7, 11) is 1.75. The standard InChI is InChI=1S/C25H37N5O2S/c1-19-18-21(20(2)29(19)11-6-10-28-13-16-32-17-14-28)24-23(22-8-4-5-9-26-22)27-25(33)30(24)12-7-15-31-3/h4-5,8-9,18,23-24H,6-7,10-17H2,1-3H3,(H,27,33)/t23-,24+/m1/s1. The van der Waals surface area contributed by atoms with Crippen LogP contribution in [0.5, 0.6) is 0 Å². The second kappa shape index (κ2) is 11.4. The van der Waals surface area contributed by atoms with Crippen LogP contribution in [0.4, 0.5) is 0 Å². The Morgan fingerprint density at radius 1 is 1.15 bits per heavy atom. The molecule has 0 spiro atoms. The molecular formula is C25H37N5O2S. The summed E-state index contributed by atoms with van der Waals surface area (Å²) in [5, 5.41) is 4.36. The van der Waals surface area contributed by atoms with E-state index in [9.17, 15) is 0 Å². The summed E-state index contributed by atoms with van der Waals surface area (Å²) in [6.07, 6.45) is 3.93. The van der Waals surface area contributed by atoms with Crippen molar-refractivity contribution in [3.05, 3.63) is 53.1 Å². The van der Waals surface area contributed by atoms with Gasteiger partial charge in [-0.25, -0.2) is 0 Å². The molecule has 4 heterocycles. The van der Waals surface area contributed by atoms with Gasteiger partial charge in [-0.05, 0) is 62.7 Å². The molecule has 7 nitrogen and oxygen atoms in total. The van der Waals surface area contributed by atoms with Gasteiger partial charge in [-0.2, -0.15) is 0 Å². The molecule has 2 aromatic heterocycles. The maximum absolute atomic E-state index is 5.79. The molecule has 2 aliphatic rings. The van der Waals surface area contributed by atoms with E-state index >= 15 is 0 Å². The number of hydrogen-bond acceptors (Lipinski definition) is 5. The number of aromatic nitrogens is 2. The SMILES string of the molecule is COCCCN1C(=S)N[C@H](c2ccccn2)[C@@H]1c1cc(C)n(CCCN2CCOCC2)c1C. The summed E-state index contributed by atoms with van der Waals surface area (Å²) in [5.74, 6) is 0. The molecule has 2 aliphatic heterocycles. The van der Waals surface area contributed by atoms with Crippen molar-refractivity contribution in [3.63, 3.8) is 0 Å². The second-order valence-corrected chi connectivity index (χ2v) is 9.34. The number of pyridine rings is 1. The normalized spacial score (nSPS) is 21.5. The topological polar surface area (TPSA) is 54.8 Å². The van der Waals surface area contributed by atoms with Gasteiger partial charge in [0.05, 0.1) is 31.0 Å². The molecule has 0 bridgehead atoms. The molecule has 4 rings (SSSR count). The van der Waals surface area contributed by atoms with Gasteiger partial charge in [0.15, 0.2) is 5.11 Å². The van der Waals surface area contributed by atoms with Gasteiger partial charge >= 0.3 is 0 Å². The average Bonchev–Trinajstić information content (AvgIpc) is 3.31. The molecule has 0 radical (unpaired) electrons. The minimum Gasteiger partial charge on any atom is -0.385 e. The molecular weight excluding hydrogens is 434 g/mol. The van der Waals surface area contributed by atoms with E-state index < -0.39 is 0 Å². The van der Waals surface area contributed by atoms with E-state index in [1.165, 1.54) is 17.0 Å². The number of rotatable bonds is 10. The summed E-state index contributed by atoms with van der Waals surface area (Å²) in [6.45, 7) is 12.0. The molecule has 33 heavy (non-hydrogen) atoms. The van der Waals surface area contributed by atoms with Gasteiger partial charge in [-0.15, -0.1) is 0 Å². The van der Waals surface area contributed by atoms with Crippen molar-refractivity contribution in [2.45, 2.75) is 45.3 Å². The van der Waals surface area contributed by atoms with Crippen LogP contribution in [-0.4, -0.2) is 77.6 Å². The lowest BCUT2D eigenvalue weighted by molar-refractivity contribution is 0.0369. The van der Waals surface area contributed by atoms with Crippen LogP contribution < -0.4 is 5.32 Å². The highest BCUT2D eigenvalue weighted by Gasteiger charge is 2.41. The number of hydrogen-bond donors (Lipinski definition) is 1. The van der Waals surface area contributed by atoms with Crippen molar-refractivity contribution in [1.82, 2.24) is 24.7 Å². The number of nitrogens with zero attached hydrogens (tertiary/aromatic N) is 4. The zero-order valence-electron chi connectivity index (χ0n) is 20.1. The number of methoxy groups -OCH3 is 1. The van der Waals surface area contributed by atoms with Crippen molar-refractivity contribution in [3.8, 4) is 0 Å². The number of morpholine rings is 1. The van der Waals surface area contributed by atoms with Crippen LogP contribution in [0.15, 0.2) is 30.5 Å². The van der Waals surface area contributed by atoms with Gasteiger partial charge < -0.3 is 24.3 Å². The summed E-state index contributed by atoms with van der Waals surface area (Å²) in [6, 6.07) is 8.60. The molecule has 2 saturated heterocycles. The van der Waals surface area contributed by atoms with Gasteiger partial charge in [0.1, 0.15) is 0 Å². The van der Waals surface area contributed by atoms with Crippen LogP contribution in [0.1, 0.15) is 47.6 Å². The smallest absolute Gasteiger partial charge is 0.170 e. The van der Waals surface area contributed by atoms with Crippen LogP contribution in [0.25, 0.3) is 0 Å². The third-order valence-corrected chi connectivity index (χ3v) is 7.19. The summed E-state index contributed by atoms with van der Waals surface area (Å²) >= 11 is 5.79. The lowest BCUT2D eigenvalue weighted by atomic mass is 9.96. The zero-order valence-corrected chi connectivity index (χ0v) is 20.9. The van der Waals surface area contributed by atoms with E-state index in [2.05, 4.69) is 50.6 Å². The Morgan fingerprint density at radius 3 is 2.70 bits per heavy atom. The third-order valence-electron chi connectivity index (χ3n) is 6.84. The minimum absolute atomic E-state index is 0.0311. The van der Waals surface area contributed by atoms with Crippen molar-refractivity contribution >= 4 is 17.3 Å². The molecule has 1 N–H and O–H groups in total. The Hall–Kier alpha value is -2.00. The van der Waals surface area contributed by atoms with E-state index in [-0.39, 0.29) is 12.1 Å². The Balaban J connectivity index is 1.56. The molecule has 0 amide bonds. The lowest BCUT2D eigenvalue weighted by Gasteiger charge is -2.28. The first-order chi connectivity index (χ1) is 16.1. The van der Waals surface area contributed by atoms with E-state index in [1.807, 2.05) is 18.3 Å². The van der Waals surface area contributed by atoms with Crippen molar-refractivity contribution in [1.29, 1.82) is 0 Å². The van der Waals surface area contributed by atoms with Gasteiger partial charge in [-0.3, -0.25) is 9.88 Å². The number of thiocarbonyl (C=S) groups is 1. The van der Waals surface area contributed by atoms with E-state index in [4.69, 9.17) is 21.7 Å². The van der Waals surface area contributed by atoms with E-state index in [0.717, 1.165) is 76.2 Å². The van der Waals surface area contributed by atoms with Crippen molar-refractivity contribution in [2.24, 2.45) is 0 Å². The maximum Gasteiger partial charge on any atom is 0.170 e. The number of aryl methyl sites for hydroxylation is 1. The molecule has 0 aromatic carbocycles. The van der Waals surface area contributed by atoms with E-state index in [1.54, 1.807) is 7.11 Å². The molecule has 0 saturated carbocycles. The molecule has 2 fully saturated rings. The predicted octanol–water partition coefficient (Wildman–Crippen LogP) is 3.23. The first-order valence-electron chi connectivity index (χ1n) is 12.0. The summed E-state index contributed by atoms with van der Waals surface area (Å²) in [5.41, 5.74) is 4.98. The Kier molecular flexibility index (Phi) is 8.35. The Labute approximate surface area is 203 Å². The second-order valence-electron chi connectivity index (χ2n) is 8.95. The summed E-state index contributed by atoms with van der Waals surface area (Å²) < 4.78 is 13.3. The van der Waals surface area contributed by atoms with Crippen LogP contribution >= 0.6 is 12.2 Å².